The summed E-state index contributed by atoms with van der Waals surface area (Å²) in [6.45, 7) is -1.44. The summed E-state index contributed by atoms with van der Waals surface area (Å²) in [5.74, 6) is -0.473. The van der Waals surface area contributed by atoms with E-state index in [1.54, 1.807) is 0 Å². The molecular weight excluding hydrogens is 268 g/mol. The second-order valence-corrected chi connectivity index (χ2v) is 4.16. The highest BCUT2D eigenvalue weighted by Gasteiger charge is 2.33. The third-order valence-electron chi connectivity index (χ3n) is 2.58. The lowest BCUT2D eigenvalue weighted by Crippen LogP contribution is -2.51. The first kappa shape index (κ1) is 13.6. The number of likely N-dealkylation sites (tertiary alicyclic amines) is 1. The second kappa shape index (κ2) is 5.04. The molecule has 0 aromatic heterocycles. The van der Waals surface area contributed by atoms with Crippen LogP contribution in [0.25, 0.3) is 0 Å². The highest BCUT2D eigenvalue weighted by Crippen LogP contribution is 2.20. The molecule has 0 radical (unpaired) electrons. The molecule has 1 aliphatic heterocycles. The molecule has 4 nitrogen and oxygen atoms in total. The molecule has 1 saturated heterocycles. The number of benzene rings is 1. The standard InChI is InChI=1S/C11H11F4N2O2/c12-9-5-16(6-9)11(18)8-2-1-3-10(4-8)19-7-17(13,14)15/h1-4,9H,5-7H2/q+1. The Bertz CT molecular complexity index is 472. The minimum Gasteiger partial charge on any atom is -0.435 e. The summed E-state index contributed by atoms with van der Waals surface area (Å²) in [5.41, 5.74) is 0.180. The van der Waals surface area contributed by atoms with Gasteiger partial charge in [0.25, 0.3) is 11.1 Å². The monoisotopic (exact) mass is 279 g/mol. The van der Waals surface area contributed by atoms with E-state index in [2.05, 4.69) is 4.74 Å². The van der Waals surface area contributed by atoms with Crippen LogP contribution in [0.2, 0.25) is 0 Å². The maximum atomic E-state index is 12.6. The first-order valence-electron chi connectivity index (χ1n) is 5.48. The number of quaternary nitrogens is 1. The van der Waals surface area contributed by atoms with Crippen molar-refractivity contribution in [1.29, 1.82) is 0 Å². The van der Waals surface area contributed by atoms with Crippen molar-refractivity contribution in [2.45, 2.75) is 6.17 Å². The van der Waals surface area contributed by atoms with Crippen LogP contribution in [0.1, 0.15) is 10.4 Å². The van der Waals surface area contributed by atoms with Gasteiger partial charge in [0.15, 0.2) is 0 Å². The number of nitrogens with zero attached hydrogens (tertiary/aromatic N) is 2. The van der Waals surface area contributed by atoms with Gasteiger partial charge in [-0.05, 0) is 18.2 Å². The summed E-state index contributed by atoms with van der Waals surface area (Å²) >= 11 is 0. The molecule has 0 bridgehead atoms. The normalized spacial score (nSPS) is 16.1. The molecule has 1 aromatic carbocycles. The van der Waals surface area contributed by atoms with Crippen LogP contribution in [-0.4, -0.2) is 41.9 Å². The minimum atomic E-state index is -3.83. The molecule has 104 valence electrons. The second-order valence-electron chi connectivity index (χ2n) is 4.16. The van der Waals surface area contributed by atoms with E-state index in [-0.39, 0.29) is 24.4 Å². The number of carbonyl (C=O) groups is 1. The Labute approximate surface area is 106 Å². The lowest BCUT2D eigenvalue weighted by Gasteiger charge is -2.34. The van der Waals surface area contributed by atoms with Crippen molar-refractivity contribution in [2.75, 3.05) is 19.8 Å². The van der Waals surface area contributed by atoms with E-state index in [9.17, 15) is 22.6 Å². The molecule has 0 N–H and O–H groups in total. The van der Waals surface area contributed by atoms with Gasteiger partial charge in [-0.15, -0.1) is 0 Å². The SMILES string of the molecule is O=C(c1cccc(OC[N+](F)(F)F)c1)N1CC(F)C1. The summed E-state index contributed by atoms with van der Waals surface area (Å²) in [6, 6.07) is 5.39. The zero-order chi connectivity index (χ0) is 14.0. The summed E-state index contributed by atoms with van der Waals surface area (Å²) < 4.78 is 52.9. The molecule has 1 fully saturated rings. The lowest BCUT2D eigenvalue weighted by atomic mass is 10.1. The van der Waals surface area contributed by atoms with E-state index in [1.807, 2.05) is 0 Å². The maximum Gasteiger partial charge on any atom is 0.339 e. The Morgan fingerprint density at radius 3 is 2.63 bits per heavy atom. The van der Waals surface area contributed by atoms with Crippen molar-refractivity contribution in [1.82, 2.24) is 4.90 Å². The molecule has 0 atom stereocenters. The van der Waals surface area contributed by atoms with E-state index in [0.717, 1.165) is 0 Å². The van der Waals surface area contributed by atoms with E-state index >= 15 is 0 Å². The maximum absolute atomic E-state index is 12.6. The third kappa shape index (κ3) is 3.57. The number of halogens is 4. The van der Waals surface area contributed by atoms with Gasteiger partial charge in [0.2, 0.25) is 0 Å². The predicted octanol–water partition coefficient (Wildman–Crippen LogP) is 2.29. The number of ether oxygens (including phenoxy) is 1. The zero-order valence-electron chi connectivity index (χ0n) is 9.73. The molecular formula is C11H11F4N2O2+. The van der Waals surface area contributed by atoms with Gasteiger partial charge in [-0.25, -0.2) is 4.39 Å². The third-order valence-corrected chi connectivity index (χ3v) is 2.58. The van der Waals surface area contributed by atoms with Gasteiger partial charge in [-0.3, -0.25) is 4.79 Å². The first-order chi connectivity index (χ1) is 8.85. The van der Waals surface area contributed by atoms with Crippen molar-refractivity contribution in [2.24, 2.45) is 0 Å². The molecule has 8 heteroatoms. The average Bonchev–Trinajstić information content (AvgIpc) is 2.31. The van der Waals surface area contributed by atoms with E-state index in [0.29, 0.717) is 0 Å². The van der Waals surface area contributed by atoms with Gasteiger partial charge in [0.05, 0.1) is 26.5 Å². The van der Waals surface area contributed by atoms with Crippen molar-refractivity contribution in [3.63, 3.8) is 0 Å². The molecule has 2 rings (SSSR count). The number of amides is 1. The molecule has 0 unspecified atom stereocenters. The first-order valence-corrected chi connectivity index (χ1v) is 5.48. The Morgan fingerprint density at radius 2 is 2.05 bits per heavy atom. The topological polar surface area (TPSA) is 29.5 Å². The molecule has 1 aromatic rings. The van der Waals surface area contributed by atoms with Gasteiger partial charge < -0.3 is 9.64 Å². The molecule has 0 aliphatic carbocycles. The molecule has 1 amide bonds. The van der Waals surface area contributed by atoms with Crippen LogP contribution in [-0.2, 0) is 0 Å². The van der Waals surface area contributed by atoms with Gasteiger partial charge in [-0.2, -0.15) is 0 Å². The van der Waals surface area contributed by atoms with E-state index in [4.69, 9.17) is 0 Å². The van der Waals surface area contributed by atoms with Crippen LogP contribution in [0.5, 0.6) is 5.75 Å². The van der Waals surface area contributed by atoms with Gasteiger partial charge >= 0.3 is 6.73 Å². The fourth-order valence-electron chi connectivity index (χ4n) is 1.64. The minimum absolute atomic E-state index is 0.0172. The summed E-state index contributed by atoms with van der Waals surface area (Å²) in [4.78, 5) is 13.1. The zero-order valence-corrected chi connectivity index (χ0v) is 9.73. The fourth-order valence-corrected chi connectivity index (χ4v) is 1.64. The van der Waals surface area contributed by atoms with E-state index in [1.165, 1.54) is 29.2 Å². The number of alkyl halides is 1. The van der Waals surface area contributed by atoms with Crippen molar-refractivity contribution in [3.05, 3.63) is 29.8 Å². The lowest BCUT2D eigenvalue weighted by molar-refractivity contribution is -1.28. The number of hydrogen-bond donors (Lipinski definition) is 0. The number of hydrogen-bond acceptors (Lipinski definition) is 2. The summed E-state index contributed by atoms with van der Waals surface area (Å²) in [7, 11) is 0. The van der Waals surface area contributed by atoms with E-state index < -0.39 is 24.0 Å². The van der Waals surface area contributed by atoms with Gasteiger partial charge in [-0.1, -0.05) is 6.07 Å². The Hall–Kier alpha value is -1.83. The Morgan fingerprint density at radius 1 is 1.37 bits per heavy atom. The quantitative estimate of drug-likeness (QED) is 0.481. The van der Waals surface area contributed by atoms with Crippen molar-refractivity contribution >= 4 is 5.91 Å². The van der Waals surface area contributed by atoms with Crippen LogP contribution < -0.4 is 4.74 Å². The molecule has 19 heavy (non-hydrogen) atoms. The summed E-state index contributed by atoms with van der Waals surface area (Å²) in [5, 5.41) is -3.83. The number of rotatable bonds is 4. The van der Waals surface area contributed by atoms with Crippen LogP contribution in [0.15, 0.2) is 24.3 Å². The highest BCUT2D eigenvalue weighted by molar-refractivity contribution is 5.95. The average molecular weight is 279 g/mol. The Balaban J connectivity index is 2.00. The molecule has 0 saturated carbocycles. The van der Waals surface area contributed by atoms with Gasteiger partial charge in [0, 0.05) is 5.56 Å². The molecule has 1 heterocycles. The van der Waals surface area contributed by atoms with Gasteiger partial charge in [0.1, 0.15) is 11.9 Å². The van der Waals surface area contributed by atoms with Crippen LogP contribution in [0.3, 0.4) is 0 Å². The van der Waals surface area contributed by atoms with Crippen molar-refractivity contribution < 1.29 is 32.5 Å². The smallest absolute Gasteiger partial charge is 0.339 e. The van der Waals surface area contributed by atoms with Crippen molar-refractivity contribution in [3.8, 4) is 5.75 Å². The highest BCUT2D eigenvalue weighted by atomic mass is 19.6. The van der Waals surface area contributed by atoms with Crippen LogP contribution in [0, 0.1) is 0 Å². The van der Waals surface area contributed by atoms with Crippen LogP contribution >= 0.6 is 0 Å². The Kier molecular flexibility index (Phi) is 3.61. The molecule has 1 aliphatic rings. The predicted molar refractivity (Wildman–Crippen MR) is 56.3 cm³/mol. The summed E-state index contributed by atoms with van der Waals surface area (Å²) in [6.07, 6.45) is -1.02. The number of carbonyl (C=O) groups excluding carboxylic acids is 1. The largest absolute Gasteiger partial charge is 0.435 e. The van der Waals surface area contributed by atoms with Crippen LogP contribution in [0.4, 0.5) is 17.8 Å². The molecule has 0 spiro atoms. The fraction of sp³-hybridized carbons (Fsp3) is 0.364.